The maximum atomic E-state index is 13.6. The van der Waals surface area contributed by atoms with E-state index in [1.165, 1.54) is 0 Å². The van der Waals surface area contributed by atoms with Gasteiger partial charge >= 0.3 is 0 Å². The number of aryl methyl sites for hydroxylation is 1. The summed E-state index contributed by atoms with van der Waals surface area (Å²) in [6.07, 6.45) is 0.407. The molecular weight excluding hydrogens is 551 g/mol. The summed E-state index contributed by atoms with van der Waals surface area (Å²) < 4.78 is 6.90. The molecule has 1 N–H and O–H groups in total. The van der Waals surface area contributed by atoms with Crippen molar-refractivity contribution < 1.29 is 14.3 Å². The van der Waals surface area contributed by atoms with Crippen molar-refractivity contribution in [3.63, 3.8) is 0 Å². The van der Waals surface area contributed by atoms with Crippen LogP contribution in [0.25, 0.3) is 0 Å². The van der Waals surface area contributed by atoms with E-state index in [1.807, 2.05) is 107 Å². The maximum Gasteiger partial charge on any atom is 0.261 e. The SMILES string of the molecule is Cc1ccc(CN(C(=O)COc2ccc(I)cc2)C(Cc2ccccc2)C(=O)NC(C)(C)C)cc1. The van der Waals surface area contributed by atoms with Crippen molar-refractivity contribution in [2.45, 2.75) is 52.2 Å². The van der Waals surface area contributed by atoms with Gasteiger partial charge in [-0.1, -0.05) is 60.2 Å². The third-order valence-corrected chi connectivity index (χ3v) is 6.14. The lowest BCUT2D eigenvalue weighted by Gasteiger charge is -2.33. The van der Waals surface area contributed by atoms with E-state index in [-0.39, 0.29) is 18.4 Å². The minimum atomic E-state index is -0.689. The van der Waals surface area contributed by atoms with Gasteiger partial charge in [0.1, 0.15) is 11.8 Å². The second kappa shape index (κ2) is 12.2. The van der Waals surface area contributed by atoms with Crippen LogP contribution in [-0.2, 0) is 22.6 Å². The molecule has 0 aromatic heterocycles. The van der Waals surface area contributed by atoms with E-state index in [2.05, 4.69) is 27.9 Å². The quantitative estimate of drug-likeness (QED) is 0.337. The van der Waals surface area contributed by atoms with Gasteiger partial charge in [0.15, 0.2) is 6.61 Å². The highest BCUT2D eigenvalue weighted by molar-refractivity contribution is 14.1. The fourth-order valence-electron chi connectivity index (χ4n) is 3.66. The maximum absolute atomic E-state index is 13.6. The summed E-state index contributed by atoms with van der Waals surface area (Å²) in [6, 6.07) is 24.7. The van der Waals surface area contributed by atoms with Crippen molar-refractivity contribution in [1.29, 1.82) is 0 Å². The van der Waals surface area contributed by atoms with E-state index < -0.39 is 11.6 Å². The molecule has 3 rings (SSSR count). The molecule has 5 nitrogen and oxygen atoms in total. The molecular formula is C29H33IN2O3. The highest BCUT2D eigenvalue weighted by atomic mass is 127. The Morgan fingerprint density at radius 1 is 0.914 bits per heavy atom. The molecule has 0 bridgehead atoms. The number of amides is 2. The van der Waals surface area contributed by atoms with Crippen molar-refractivity contribution >= 4 is 34.4 Å². The van der Waals surface area contributed by atoms with Gasteiger partial charge < -0.3 is 15.0 Å². The number of hydrogen-bond acceptors (Lipinski definition) is 3. The average Bonchev–Trinajstić information content (AvgIpc) is 2.81. The molecule has 0 spiro atoms. The van der Waals surface area contributed by atoms with E-state index in [4.69, 9.17) is 4.74 Å². The van der Waals surface area contributed by atoms with Gasteiger partial charge in [0, 0.05) is 22.1 Å². The van der Waals surface area contributed by atoms with Gasteiger partial charge in [-0.05, 0) is 85.7 Å². The normalized spacial score (nSPS) is 12.0. The second-order valence-electron chi connectivity index (χ2n) is 9.69. The molecule has 0 radical (unpaired) electrons. The van der Waals surface area contributed by atoms with E-state index >= 15 is 0 Å². The molecule has 0 saturated carbocycles. The molecule has 2 amide bonds. The summed E-state index contributed by atoms with van der Waals surface area (Å²) in [5.74, 6) is 0.193. The molecule has 0 heterocycles. The molecule has 0 saturated heterocycles. The Morgan fingerprint density at radius 3 is 2.14 bits per heavy atom. The average molecular weight is 584 g/mol. The summed E-state index contributed by atoms with van der Waals surface area (Å²) >= 11 is 2.23. The molecule has 3 aromatic carbocycles. The van der Waals surface area contributed by atoms with E-state index in [9.17, 15) is 9.59 Å². The number of nitrogens with one attached hydrogen (secondary N) is 1. The Labute approximate surface area is 222 Å². The van der Waals surface area contributed by atoms with Crippen molar-refractivity contribution in [1.82, 2.24) is 10.2 Å². The molecule has 1 atom stereocenters. The summed E-state index contributed by atoms with van der Waals surface area (Å²) in [7, 11) is 0. The van der Waals surface area contributed by atoms with Crippen LogP contribution in [0, 0.1) is 10.5 Å². The topological polar surface area (TPSA) is 58.6 Å². The van der Waals surface area contributed by atoms with E-state index in [0.717, 1.165) is 20.3 Å². The third-order valence-electron chi connectivity index (χ3n) is 5.42. The van der Waals surface area contributed by atoms with E-state index in [0.29, 0.717) is 18.7 Å². The van der Waals surface area contributed by atoms with Gasteiger partial charge in [-0.3, -0.25) is 9.59 Å². The number of halogens is 1. The van der Waals surface area contributed by atoms with Crippen LogP contribution in [0.1, 0.15) is 37.5 Å². The number of carbonyl (C=O) groups excluding carboxylic acids is 2. The van der Waals surface area contributed by atoms with Crippen LogP contribution >= 0.6 is 22.6 Å². The highest BCUT2D eigenvalue weighted by Gasteiger charge is 2.32. The summed E-state index contributed by atoms with van der Waals surface area (Å²) in [5, 5.41) is 3.08. The Morgan fingerprint density at radius 2 is 1.54 bits per heavy atom. The number of ether oxygens (including phenoxy) is 1. The van der Waals surface area contributed by atoms with Gasteiger partial charge in [-0.25, -0.2) is 0 Å². The van der Waals surface area contributed by atoms with Gasteiger partial charge in [-0.2, -0.15) is 0 Å². The van der Waals surface area contributed by atoms with Crippen LogP contribution in [0.4, 0.5) is 0 Å². The van der Waals surface area contributed by atoms with Gasteiger partial charge in [-0.15, -0.1) is 0 Å². The van der Waals surface area contributed by atoms with Crippen molar-refractivity contribution in [3.05, 3.63) is 99.1 Å². The Hall–Kier alpha value is -2.87. The van der Waals surface area contributed by atoms with Crippen LogP contribution in [0.3, 0.4) is 0 Å². The molecule has 35 heavy (non-hydrogen) atoms. The van der Waals surface area contributed by atoms with Gasteiger partial charge in [0.05, 0.1) is 0 Å². The monoisotopic (exact) mass is 584 g/mol. The fraction of sp³-hybridized carbons (Fsp3) is 0.310. The third kappa shape index (κ3) is 8.69. The zero-order valence-electron chi connectivity index (χ0n) is 20.8. The number of hydrogen-bond donors (Lipinski definition) is 1. The number of carbonyl (C=O) groups is 2. The molecule has 3 aromatic rings. The van der Waals surface area contributed by atoms with Gasteiger partial charge in [0.25, 0.3) is 5.91 Å². The van der Waals surface area contributed by atoms with Crippen LogP contribution in [0.2, 0.25) is 0 Å². The number of nitrogens with zero attached hydrogens (tertiary/aromatic N) is 1. The number of benzene rings is 3. The Bertz CT molecular complexity index is 1110. The van der Waals surface area contributed by atoms with Crippen LogP contribution < -0.4 is 10.1 Å². The Kier molecular flexibility index (Phi) is 9.32. The van der Waals surface area contributed by atoms with Crippen LogP contribution in [0.5, 0.6) is 5.75 Å². The minimum Gasteiger partial charge on any atom is -0.484 e. The molecule has 6 heteroatoms. The first-order valence-electron chi connectivity index (χ1n) is 11.7. The summed E-state index contributed by atoms with van der Waals surface area (Å²) in [6.45, 7) is 8.00. The summed E-state index contributed by atoms with van der Waals surface area (Å²) in [5.41, 5.74) is 2.66. The largest absolute Gasteiger partial charge is 0.484 e. The van der Waals surface area contributed by atoms with E-state index in [1.54, 1.807) is 4.90 Å². The van der Waals surface area contributed by atoms with Crippen molar-refractivity contribution in [2.75, 3.05) is 6.61 Å². The minimum absolute atomic E-state index is 0.152. The molecule has 0 aliphatic rings. The first-order valence-corrected chi connectivity index (χ1v) is 12.8. The van der Waals surface area contributed by atoms with Crippen molar-refractivity contribution in [2.24, 2.45) is 0 Å². The van der Waals surface area contributed by atoms with Crippen molar-refractivity contribution in [3.8, 4) is 5.75 Å². The highest BCUT2D eigenvalue weighted by Crippen LogP contribution is 2.18. The molecule has 184 valence electrons. The second-order valence-corrected chi connectivity index (χ2v) is 10.9. The lowest BCUT2D eigenvalue weighted by molar-refractivity contribution is -0.143. The molecule has 0 fully saturated rings. The smallest absolute Gasteiger partial charge is 0.261 e. The zero-order chi connectivity index (χ0) is 25.4. The summed E-state index contributed by atoms with van der Waals surface area (Å²) in [4.78, 5) is 28.7. The lowest BCUT2D eigenvalue weighted by Crippen LogP contribution is -2.55. The molecule has 0 aliphatic heterocycles. The first-order chi connectivity index (χ1) is 16.6. The lowest BCUT2D eigenvalue weighted by atomic mass is 10.0. The van der Waals surface area contributed by atoms with Crippen LogP contribution in [0.15, 0.2) is 78.9 Å². The predicted molar refractivity (Wildman–Crippen MR) is 148 cm³/mol. The standard InChI is InChI=1S/C29H33IN2O3/c1-21-10-12-23(13-11-21)19-32(27(33)20-35-25-16-14-24(30)15-17-25)26(28(34)31-29(2,3)4)18-22-8-6-5-7-9-22/h5-17,26H,18-20H2,1-4H3,(H,31,34). The van der Waals surface area contributed by atoms with Crippen LogP contribution in [-0.4, -0.2) is 34.9 Å². The zero-order valence-corrected chi connectivity index (χ0v) is 22.9. The molecule has 0 aliphatic carbocycles. The molecule has 1 unspecified atom stereocenters. The Balaban J connectivity index is 1.91. The number of rotatable bonds is 9. The fourth-order valence-corrected chi connectivity index (χ4v) is 4.02. The first kappa shape index (κ1) is 26.7. The predicted octanol–water partition coefficient (Wildman–Crippen LogP) is 5.53. The van der Waals surface area contributed by atoms with Gasteiger partial charge in [0.2, 0.25) is 5.91 Å².